The van der Waals surface area contributed by atoms with E-state index >= 15 is 0 Å². The van der Waals surface area contributed by atoms with Crippen molar-refractivity contribution in [1.82, 2.24) is 29.0 Å². The second kappa shape index (κ2) is 10.5. The standard InChI is InChI=1S/C36H32N6O2/c1-2-41-30-13-7-6-12-25(30)26-20-24(15-16-31(26)41)35-38-29-21-27-28(37-34(36(44)39-27)23-10-4-3-5-11-23)22-32(29)42(35)19-9-18-40-17-8-14-33(40)43/h3-7,10-13,15-16,20-22H,2,8-9,14,17-19H2,1H3,(H,39,44). The lowest BCUT2D eigenvalue weighted by Crippen LogP contribution is -2.26. The summed E-state index contributed by atoms with van der Waals surface area (Å²) in [6.45, 7) is 5.32. The molecule has 218 valence electrons. The number of amides is 1. The Balaban J connectivity index is 1.29. The van der Waals surface area contributed by atoms with Gasteiger partial charge in [-0.3, -0.25) is 9.59 Å². The summed E-state index contributed by atoms with van der Waals surface area (Å²) in [5, 5.41) is 2.42. The van der Waals surface area contributed by atoms with Gasteiger partial charge in [-0.2, -0.15) is 0 Å². The van der Waals surface area contributed by atoms with Crippen molar-refractivity contribution >= 4 is 49.8 Å². The smallest absolute Gasteiger partial charge is 0.274 e. The Kier molecular flexibility index (Phi) is 6.29. The van der Waals surface area contributed by atoms with Gasteiger partial charge in [-0.15, -0.1) is 0 Å². The van der Waals surface area contributed by atoms with Gasteiger partial charge in [0.1, 0.15) is 11.5 Å². The van der Waals surface area contributed by atoms with E-state index in [4.69, 9.17) is 9.97 Å². The average molecular weight is 581 g/mol. The van der Waals surface area contributed by atoms with Gasteiger partial charge in [0.15, 0.2) is 0 Å². The first-order valence-electron chi connectivity index (χ1n) is 15.4. The number of hydrogen-bond acceptors (Lipinski definition) is 4. The summed E-state index contributed by atoms with van der Waals surface area (Å²) in [4.78, 5) is 40.3. The van der Waals surface area contributed by atoms with Gasteiger partial charge in [0, 0.05) is 65.5 Å². The number of para-hydroxylation sites is 1. The molecule has 3 aromatic heterocycles. The number of nitrogens with zero attached hydrogens (tertiary/aromatic N) is 5. The number of aromatic amines is 1. The summed E-state index contributed by atoms with van der Waals surface area (Å²) in [5.41, 5.74) is 7.52. The molecule has 0 aliphatic carbocycles. The predicted octanol–water partition coefficient (Wildman–Crippen LogP) is 6.75. The molecule has 4 aromatic carbocycles. The Hall–Kier alpha value is -5.24. The molecule has 0 unspecified atom stereocenters. The number of nitrogens with one attached hydrogen (secondary N) is 1. The molecular weight excluding hydrogens is 548 g/mol. The molecule has 0 radical (unpaired) electrons. The van der Waals surface area contributed by atoms with E-state index in [0.29, 0.717) is 29.7 Å². The van der Waals surface area contributed by atoms with Crippen LogP contribution in [0.15, 0.2) is 89.7 Å². The maximum absolute atomic E-state index is 13.0. The molecular formula is C36H32N6O2. The summed E-state index contributed by atoms with van der Waals surface area (Å²) in [6.07, 6.45) is 2.39. The lowest BCUT2D eigenvalue weighted by Gasteiger charge is -2.16. The molecule has 8 heteroatoms. The monoisotopic (exact) mass is 580 g/mol. The third-order valence-corrected chi connectivity index (χ3v) is 8.94. The van der Waals surface area contributed by atoms with Crippen LogP contribution in [0, 0.1) is 0 Å². The topological polar surface area (TPSA) is 88.8 Å². The molecule has 1 N–H and O–H groups in total. The highest BCUT2D eigenvalue weighted by atomic mass is 16.2. The van der Waals surface area contributed by atoms with Gasteiger partial charge in [0.25, 0.3) is 5.56 Å². The molecule has 0 spiro atoms. The number of rotatable bonds is 7. The number of benzene rings is 4. The lowest BCUT2D eigenvalue weighted by molar-refractivity contribution is -0.127. The van der Waals surface area contributed by atoms with E-state index in [0.717, 1.165) is 60.5 Å². The van der Waals surface area contributed by atoms with E-state index in [1.165, 1.54) is 21.8 Å². The number of H-pyrrole nitrogens is 1. The van der Waals surface area contributed by atoms with Crippen molar-refractivity contribution in [1.29, 1.82) is 0 Å². The highest BCUT2D eigenvalue weighted by molar-refractivity contribution is 6.09. The van der Waals surface area contributed by atoms with E-state index in [2.05, 4.69) is 63.5 Å². The first-order valence-corrected chi connectivity index (χ1v) is 15.4. The second-order valence-electron chi connectivity index (χ2n) is 11.6. The number of aromatic nitrogens is 5. The van der Waals surface area contributed by atoms with Gasteiger partial charge in [-0.1, -0.05) is 48.5 Å². The van der Waals surface area contributed by atoms with Crippen molar-refractivity contribution in [2.24, 2.45) is 0 Å². The van der Waals surface area contributed by atoms with Crippen molar-refractivity contribution < 1.29 is 4.79 Å². The maximum Gasteiger partial charge on any atom is 0.274 e. The van der Waals surface area contributed by atoms with Gasteiger partial charge in [0.05, 0.1) is 22.1 Å². The van der Waals surface area contributed by atoms with Gasteiger partial charge < -0.3 is 19.0 Å². The summed E-state index contributed by atoms with van der Waals surface area (Å²) in [5.74, 6) is 1.11. The molecule has 1 aliphatic heterocycles. The second-order valence-corrected chi connectivity index (χ2v) is 11.6. The van der Waals surface area contributed by atoms with Crippen LogP contribution >= 0.6 is 0 Å². The lowest BCUT2D eigenvalue weighted by atomic mass is 10.1. The quantitative estimate of drug-likeness (QED) is 0.226. The number of aryl methyl sites for hydroxylation is 2. The van der Waals surface area contributed by atoms with E-state index in [1.54, 1.807) is 0 Å². The third kappa shape index (κ3) is 4.28. The molecule has 0 bridgehead atoms. The Morgan fingerprint density at radius 2 is 1.57 bits per heavy atom. The SMILES string of the molecule is CCn1c2ccccc2c2cc(-c3nc4cc5[nH]c(=O)c(-c6ccccc6)nc5cc4n3CCCN3CCCC3=O)ccc21. The van der Waals surface area contributed by atoms with Gasteiger partial charge in [0.2, 0.25) is 5.91 Å². The average Bonchev–Trinajstić information content (AvgIpc) is 3.72. The van der Waals surface area contributed by atoms with Crippen LogP contribution in [-0.4, -0.2) is 48.0 Å². The molecule has 44 heavy (non-hydrogen) atoms. The molecule has 0 atom stereocenters. The molecule has 4 heterocycles. The van der Waals surface area contributed by atoms with Crippen molar-refractivity contribution in [2.75, 3.05) is 13.1 Å². The molecule has 1 fully saturated rings. The van der Waals surface area contributed by atoms with Crippen LogP contribution in [0.5, 0.6) is 0 Å². The highest BCUT2D eigenvalue weighted by Crippen LogP contribution is 2.34. The fourth-order valence-corrected chi connectivity index (χ4v) is 6.84. The summed E-state index contributed by atoms with van der Waals surface area (Å²) >= 11 is 0. The minimum Gasteiger partial charge on any atom is -0.343 e. The van der Waals surface area contributed by atoms with Crippen molar-refractivity contribution in [3.63, 3.8) is 0 Å². The predicted molar refractivity (Wildman–Crippen MR) is 176 cm³/mol. The van der Waals surface area contributed by atoms with E-state index in [9.17, 15) is 9.59 Å². The Morgan fingerprint density at radius 1 is 0.750 bits per heavy atom. The molecule has 8 nitrogen and oxygen atoms in total. The first-order chi connectivity index (χ1) is 21.6. The number of fused-ring (bicyclic) bond motifs is 5. The van der Waals surface area contributed by atoms with E-state index in [1.807, 2.05) is 47.4 Å². The van der Waals surface area contributed by atoms with E-state index in [-0.39, 0.29) is 11.5 Å². The van der Waals surface area contributed by atoms with Crippen LogP contribution in [0.1, 0.15) is 26.2 Å². The zero-order valence-corrected chi connectivity index (χ0v) is 24.6. The van der Waals surface area contributed by atoms with Crippen molar-refractivity contribution in [3.05, 3.63) is 95.3 Å². The molecule has 0 saturated carbocycles. The molecule has 1 amide bonds. The zero-order valence-electron chi connectivity index (χ0n) is 24.6. The normalized spacial score (nSPS) is 13.8. The minimum absolute atomic E-state index is 0.226. The van der Waals surface area contributed by atoms with Crippen LogP contribution in [-0.2, 0) is 17.9 Å². The van der Waals surface area contributed by atoms with Gasteiger partial charge in [-0.05, 0) is 56.2 Å². The zero-order chi connectivity index (χ0) is 29.8. The van der Waals surface area contributed by atoms with Crippen molar-refractivity contribution in [2.45, 2.75) is 39.3 Å². The van der Waals surface area contributed by atoms with Crippen LogP contribution in [0.3, 0.4) is 0 Å². The summed E-state index contributed by atoms with van der Waals surface area (Å²) in [6, 6.07) is 28.6. The largest absolute Gasteiger partial charge is 0.343 e. The fraction of sp³-hybridized carbons (Fsp3) is 0.222. The van der Waals surface area contributed by atoms with Crippen LogP contribution in [0.25, 0.3) is 66.5 Å². The van der Waals surface area contributed by atoms with E-state index < -0.39 is 0 Å². The summed E-state index contributed by atoms with van der Waals surface area (Å²) < 4.78 is 4.61. The number of carbonyl (C=O) groups is 1. The number of carbonyl (C=O) groups excluding carboxylic acids is 1. The number of hydrogen-bond donors (Lipinski definition) is 1. The molecule has 1 saturated heterocycles. The number of imidazole rings is 1. The van der Waals surface area contributed by atoms with Crippen LogP contribution in [0.2, 0.25) is 0 Å². The van der Waals surface area contributed by atoms with Gasteiger partial charge in [-0.25, -0.2) is 9.97 Å². The van der Waals surface area contributed by atoms with Crippen LogP contribution < -0.4 is 5.56 Å². The molecule has 8 rings (SSSR count). The van der Waals surface area contributed by atoms with Gasteiger partial charge >= 0.3 is 0 Å². The fourth-order valence-electron chi connectivity index (χ4n) is 6.84. The Labute approximate surface area is 253 Å². The minimum atomic E-state index is -0.226. The molecule has 1 aliphatic rings. The number of likely N-dealkylation sites (tertiary alicyclic amines) is 1. The Morgan fingerprint density at radius 3 is 2.39 bits per heavy atom. The maximum atomic E-state index is 13.0. The third-order valence-electron chi connectivity index (χ3n) is 8.94. The van der Waals surface area contributed by atoms with Crippen LogP contribution in [0.4, 0.5) is 0 Å². The highest BCUT2D eigenvalue weighted by Gasteiger charge is 2.21. The Bertz CT molecular complexity index is 2280. The first kappa shape index (κ1) is 26.4. The van der Waals surface area contributed by atoms with Crippen molar-refractivity contribution in [3.8, 4) is 22.6 Å². The molecule has 7 aromatic rings. The summed E-state index contributed by atoms with van der Waals surface area (Å²) in [7, 11) is 0.